The fourth-order valence-corrected chi connectivity index (χ4v) is 3.07. The van der Waals surface area contributed by atoms with Crippen molar-refractivity contribution in [2.45, 2.75) is 51.6 Å². The second kappa shape index (κ2) is 6.71. The molecule has 3 nitrogen and oxygen atoms in total. The minimum Gasteiger partial charge on any atom is -0.384 e. The third-order valence-corrected chi connectivity index (χ3v) is 4.05. The fourth-order valence-electron chi connectivity index (χ4n) is 3.07. The van der Waals surface area contributed by atoms with E-state index in [2.05, 4.69) is 17.9 Å². The van der Waals surface area contributed by atoms with E-state index in [1.165, 1.54) is 44.2 Å². The van der Waals surface area contributed by atoms with Gasteiger partial charge in [-0.1, -0.05) is 44.0 Å². The number of piperidine rings is 1. The van der Waals surface area contributed by atoms with E-state index in [9.17, 15) is 0 Å². The van der Waals surface area contributed by atoms with Crippen LogP contribution in [0.15, 0.2) is 24.3 Å². The van der Waals surface area contributed by atoms with Crippen LogP contribution in [-0.4, -0.2) is 23.3 Å². The van der Waals surface area contributed by atoms with Gasteiger partial charge in [-0.15, -0.1) is 0 Å². The van der Waals surface area contributed by atoms with Crippen molar-refractivity contribution in [3.8, 4) is 0 Å². The first-order valence-electron chi connectivity index (χ1n) is 7.38. The molecule has 3 heteroatoms. The van der Waals surface area contributed by atoms with E-state index in [1.54, 1.807) is 0 Å². The molecule has 1 aromatic rings. The average Bonchev–Trinajstić information content (AvgIpc) is 2.42. The summed E-state index contributed by atoms with van der Waals surface area (Å²) in [5.74, 6) is 0.180. The van der Waals surface area contributed by atoms with E-state index < -0.39 is 0 Å². The Morgan fingerprint density at radius 3 is 2.89 bits per heavy atom. The normalized spacial score (nSPS) is 20.4. The molecule has 0 bridgehead atoms. The lowest BCUT2D eigenvalue weighted by atomic mass is 9.96. The fraction of sp³-hybridized carbons (Fsp3) is 0.562. The summed E-state index contributed by atoms with van der Waals surface area (Å²) in [5.41, 5.74) is 7.76. The molecule has 0 saturated carbocycles. The van der Waals surface area contributed by atoms with Crippen LogP contribution in [0.3, 0.4) is 0 Å². The molecule has 0 aliphatic carbocycles. The third kappa shape index (κ3) is 3.57. The molecule has 0 aromatic heterocycles. The van der Waals surface area contributed by atoms with Crippen molar-refractivity contribution < 1.29 is 0 Å². The van der Waals surface area contributed by atoms with E-state index in [4.69, 9.17) is 11.1 Å². The maximum absolute atomic E-state index is 7.68. The molecule has 19 heavy (non-hydrogen) atoms. The molecule has 0 spiro atoms. The summed E-state index contributed by atoms with van der Waals surface area (Å²) >= 11 is 0. The highest BCUT2D eigenvalue weighted by molar-refractivity contribution is 5.96. The van der Waals surface area contributed by atoms with Gasteiger partial charge < -0.3 is 5.73 Å². The van der Waals surface area contributed by atoms with Gasteiger partial charge in [-0.2, -0.15) is 0 Å². The second-order valence-corrected chi connectivity index (χ2v) is 5.48. The number of rotatable bonds is 5. The SMILES string of the molecule is CCCC1CCCCN1Cc1ccccc1C(=N)N. The van der Waals surface area contributed by atoms with Crippen LogP contribution < -0.4 is 5.73 Å². The zero-order chi connectivity index (χ0) is 13.7. The van der Waals surface area contributed by atoms with E-state index in [0.29, 0.717) is 6.04 Å². The molecule has 1 atom stereocenters. The predicted octanol–water partition coefficient (Wildman–Crippen LogP) is 3.13. The van der Waals surface area contributed by atoms with Crippen molar-refractivity contribution in [3.05, 3.63) is 35.4 Å². The minimum atomic E-state index is 0.180. The Kier molecular flexibility index (Phi) is 4.97. The first-order valence-corrected chi connectivity index (χ1v) is 7.38. The van der Waals surface area contributed by atoms with E-state index >= 15 is 0 Å². The largest absolute Gasteiger partial charge is 0.384 e. The van der Waals surface area contributed by atoms with Crippen LogP contribution in [0.1, 0.15) is 50.2 Å². The van der Waals surface area contributed by atoms with Gasteiger partial charge in [-0.05, 0) is 31.4 Å². The zero-order valence-corrected chi connectivity index (χ0v) is 11.9. The van der Waals surface area contributed by atoms with Crippen molar-refractivity contribution >= 4 is 5.84 Å². The number of nitrogens with two attached hydrogens (primary N) is 1. The Morgan fingerprint density at radius 1 is 1.37 bits per heavy atom. The second-order valence-electron chi connectivity index (χ2n) is 5.48. The van der Waals surface area contributed by atoms with Gasteiger partial charge in [0.2, 0.25) is 0 Å². The molecule has 1 aliphatic heterocycles. The summed E-state index contributed by atoms with van der Waals surface area (Å²) in [6.07, 6.45) is 6.49. The highest BCUT2D eigenvalue weighted by Crippen LogP contribution is 2.23. The van der Waals surface area contributed by atoms with Gasteiger partial charge >= 0.3 is 0 Å². The van der Waals surface area contributed by atoms with Gasteiger partial charge in [-0.25, -0.2) is 0 Å². The Bertz CT molecular complexity index is 426. The van der Waals surface area contributed by atoms with E-state index in [1.807, 2.05) is 18.2 Å². The summed E-state index contributed by atoms with van der Waals surface area (Å²) in [6.45, 7) is 4.37. The standard InChI is InChI=1S/C16H25N3/c1-2-7-14-9-5-6-11-19(14)12-13-8-3-4-10-15(13)16(17)18/h3-4,8,10,14H,2,5-7,9,11-12H2,1H3,(H3,17,18). The molecular formula is C16H25N3. The Hall–Kier alpha value is -1.35. The van der Waals surface area contributed by atoms with Crippen molar-refractivity contribution in [2.75, 3.05) is 6.54 Å². The van der Waals surface area contributed by atoms with Crippen molar-refractivity contribution in [2.24, 2.45) is 5.73 Å². The predicted molar refractivity (Wildman–Crippen MR) is 80.4 cm³/mol. The molecule has 1 heterocycles. The number of nitrogen functional groups attached to an aromatic ring is 1. The van der Waals surface area contributed by atoms with Gasteiger partial charge in [0.25, 0.3) is 0 Å². The quantitative estimate of drug-likeness (QED) is 0.630. The van der Waals surface area contributed by atoms with Gasteiger partial charge in [0.05, 0.1) is 0 Å². The number of hydrogen-bond acceptors (Lipinski definition) is 2. The Labute approximate surface area is 116 Å². The number of nitrogens with zero attached hydrogens (tertiary/aromatic N) is 1. The molecular weight excluding hydrogens is 234 g/mol. The van der Waals surface area contributed by atoms with Crippen LogP contribution in [0.5, 0.6) is 0 Å². The van der Waals surface area contributed by atoms with Gasteiger partial charge in [-0.3, -0.25) is 10.3 Å². The number of nitrogens with one attached hydrogen (secondary N) is 1. The summed E-state index contributed by atoms with van der Waals surface area (Å²) in [6, 6.07) is 8.77. The van der Waals surface area contributed by atoms with Crippen LogP contribution in [0.25, 0.3) is 0 Å². The van der Waals surface area contributed by atoms with Gasteiger partial charge in [0.15, 0.2) is 0 Å². The molecule has 104 valence electrons. The average molecular weight is 259 g/mol. The number of benzene rings is 1. The summed E-state index contributed by atoms with van der Waals surface area (Å²) in [7, 11) is 0. The number of amidine groups is 1. The third-order valence-electron chi connectivity index (χ3n) is 4.05. The van der Waals surface area contributed by atoms with E-state index in [-0.39, 0.29) is 5.84 Å². The highest BCUT2D eigenvalue weighted by atomic mass is 15.2. The lowest BCUT2D eigenvalue weighted by Crippen LogP contribution is -2.39. The molecule has 1 unspecified atom stereocenters. The topological polar surface area (TPSA) is 53.1 Å². The van der Waals surface area contributed by atoms with Crippen molar-refractivity contribution in [1.82, 2.24) is 4.90 Å². The maximum atomic E-state index is 7.68. The lowest BCUT2D eigenvalue weighted by Gasteiger charge is -2.36. The Morgan fingerprint density at radius 2 is 2.16 bits per heavy atom. The van der Waals surface area contributed by atoms with Crippen LogP contribution >= 0.6 is 0 Å². The summed E-state index contributed by atoms with van der Waals surface area (Å²) in [4.78, 5) is 2.58. The molecule has 1 saturated heterocycles. The monoisotopic (exact) mass is 259 g/mol. The van der Waals surface area contributed by atoms with Crippen molar-refractivity contribution in [1.29, 1.82) is 5.41 Å². The number of hydrogen-bond donors (Lipinski definition) is 2. The zero-order valence-electron chi connectivity index (χ0n) is 11.9. The minimum absolute atomic E-state index is 0.180. The molecule has 0 radical (unpaired) electrons. The highest BCUT2D eigenvalue weighted by Gasteiger charge is 2.22. The molecule has 1 aromatic carbocycles. The van der Waals surface area contributed by atoms with Crippen LogP contribution in [-0.2, 0) is 6.54 Å². The van der Waals surface area contributed by atoms with Gasteiger partial charge in [0.1, 0.15) is 5.84 Å². The first-order chi connectivity index (χ1) is 9.22. The van der Waals surface area contributed by atoms with Gasteiger partial charge in [0, 0.05) is 18.2 Å². The van der Waals surface area contributed by atoms with Crippen LogP contribution in [0.2, 0.25) is 0 Å². The van der Waals surface area contributed by atoms with Crippen molar-refractivity contribution in [3.63, 3.8) is 0 Å². The maximum Gasteiger partial charge on any atom is 0.123 e. The first kappa shape index (κ1) is 14.1. The summed E-state index contributed by atoms with van der Waals surface area (Å²) < 4.78 is 0. The molecule has 1 fully saturated rings. The molecule has 0 amide bonds. The summed E-state index contributed by atoms with van der Waals surface area (Å²) in [5, 5.41) is 7.68. The number of likely N-dealkylation sites (tertiary alicyclic amines) is 1. The molecule has 1 aliphatic rings. The van der Waals surface area contributed by atoms with Crippen LogP contribution in [0.4, 0.5) is 0 Å². The van der Waals surface area contributed by atoms with Crippen LogP contribution in [0, 0.1) is 5.41 Å². The molecule has 3 N–H and O–H groups in total. The Balaban J connectivity index is 2.12. The smallest absolute Gasteiger partial charge is 0.123 e. The van der Waals surface area contributed by atoms with E-state index in [0.717, 1.165) is 12.1 Å². The molecule has 2 rings (SSSR count). The lowest BCUT2D eigenvalue weighted by molar-refractivity contribution is 0.131.